The Morgan fingerprint density at radius 1 is 0.929 bits per heavy atom. The van der Waals surface area contributed by atoms with E-state index in [0.717, 1.165) is 5.56 Å². The van der Waals surface area contributed by atoms with E-state index in [1.54, 1.807) is 12.1 Å². The quantitative estimate of drug-likeness (QED) is 0.442. The summed E-state index contributed by atoms with van der Waals surface area (Å²) in [5, 5.41) is 0. The smallest absolute Gasteiger partial charge is 0.0784 e. The number of halogens is 6. The van der Waals surface area contributed by atoms with Crippen LogP contribution in [-0.2, 0) is 5.94 Å². The lowest BCUT2D eigenvalue weighted by Crippen LogP contribution is -2.04. The number of rotatable bonds is 0. The molecule has 0 aromatic heterocycles. The molecule has 0 saturated carbocycles. The Labute approximate surface area is 123 Å². The maximum Gasteiger partial charge on any atom is 0.216 e. The van der Waals surface area contributed by atoms with Gasteiger partial charge in [0.05, 0.1) is 0 Å². The predicted molar refractivity (Wildman–Crippen MR) is 74.1 cm³/mol. The van der Waals surface area contributed by atoms with Crippen LogP contribution in [-0.4, -0.2) is 0 Å². The highest BCUT2D eigenvalue weighted by Crippen LogP contribution is 2.46. The molecule has 0 radical (unpaired) electrons. The summed E-state index contributed by atoms with van der Waals surface area (Å²) in [4.78, 5) is 0. The van der Waals surface area contributed by atoms with E-state index in [1.165, 1.54) is 0 Å². The zero-order valence-electron chi connectivity index (χ0n) is 6.58. The van der Waals surface area contributed by atoms with Gasteiger partial charge in [-0.3, -0.25) is 0 Å². The zero-order chi connectivity index (χ0) is 11.0. The van der Waals surface area contributed by atoms with Gasteiger partial charge in [-0.1, -0.05) is 101 Å². The molecule has 0 aliphatic rings. The molecule has 0 aliphatic heterocycles. The molecule has 0 amide bonds. The van der Waals surface area contributed by atoms with Crippen LogP contribution in [0.2, 0.25) is 0 Å². The van der Waals surface area contributed by atoms with Crippen LogP contribution in [0.1, 0.15) is 11.1 Å². The summed E-state index contributed by atoms with van der Waals surface area (Å²) in [6, 6.07) is 7.28. The molecule has 1 rings (SSSR count). The summed E-state index contributed by atoms with van der Waals surface area (Å²) in [5.74, 6) is 0. The SMILES string of the molecule is ClC(Cl)(Cl)c1cccc(C(Br)(Br)Br)c1. The summed E-state index contributed by atoms with van der Waals surface area (Å²) in [7, 11) is 0. The fourth-order valence-electron chi connectivity index (χ4n) is 0.872. The Kier molecular flexibility index (Phi) is 4.66. The van der Waals surface area contributed by atoms with Crippen LogP contribution in [0.4, 0.5) is 0 Å². The lowest BCUT2D eigenvalue weighted by molar-refractivity contribution is 1.21. The molecular formula is C8H4Br3Cl3. The normalized spacial score (nSPS) is 13.0. The molecule has 1 aromatic rings. The largest absolute Gasteiger partial charge is 0.216 e. The van der Waals surface area contributed by atoms with E-state index in [4.69, 9.17) is 34.8 Å². The van der Waals surface area contributed by atoms with Gasteiger partial charge in [-0.15, -0.1) is 0 Å². The third-order valence-electron chi connectivity index (χ3n) is 1.52. The van der Waals surface area contributed by atoms with Gasteiger partial charge in [0.15, 0.2) is 2.14 Å². The summed E-state index contributed by atoms with van der Waals surface area (Å²) in [5.41, 5.74) is 1.55. The van der Waals surface area contributed by atoms with Gasteiger partial charge >= 0.3 is 0 Å². The number of hydrogen-bond donors (Lipinski definition) is 0. The first-order valence-electron chi connectivity index (χ1n) is 3.46. The Morgan fingerprint density at radius 2 is 1.43 bits per heavy atom. The molecule has 0 N–H and O–H groups in total. The molecule has 0 heterocycles. The molecule has 0 bridgehead atoms. The van der Waals surface area contributed by atoms with Gasteiger partial charge in [0.1, 0.15) is 0 Å². The number of hydrogen-bond acceptors (Lipinski definition) is 0. The van der Waals surface area contributed by atoms with E-state index in [0.29, 0.717) is 5.56 Å². The topological polar surface area (TPSA) is 0 Å². The van der Waals surface area contributed by atoms with Crippen molar-refractivity contribution in [3.05, 3.63) is 35.4 Å². The first-order chi connectivity index (χ1) is 6.21. The van der Waals surface area contributed by atoms with Gasteiger partial charge < -0.3 is 0 Å². The minimum Gasteiger partial charge on any atom is -0.0784 e. The predicted octanol–water partition coefficient (Wildman–Crippen LogP) is 5.81. The summed E-state index contributed by atoms with van der Waals surface area (Å²) in [6.07, 6.45) is 0. The van der Waals surface area contributed by atoms with Gasteiger partial charge in [0, 0.05) is 5.56 Å². The second kappa shape index (κ2) is 4.80. The zero-order valence-corrected chi connectivity index (χ0v) is 13.6. The lowest BCUT2D eigenvalue weighted by Gasteiger charge is -2.16. The molecule has 0 fully saturated rings. The van der Waals surface area contributed by atoms with Crippen molar-refractivity contribution in [2.75, 3.05) is 0 Å². The van der Waals surface area contributed by atoms with E-state index >= 15 is 0 Å². The van der Waals surface area contributed by atoms with Gasteiger partial charge in [0.25, 0.3) is 0 Å². The molecule has 0 aliphatic carbocycles. The molecule has 0 spiro atoms. The third kappa shape index (κ3) is 3.84. The molecular weight excluding hydrogens is 442 g/mol. The number of benzene rings is 1. The molecule has 14 heavy (non-hydrogen) atoms. The summed E-state index contributed by atoms with van der Waals surface area (Å²) >= 11 is 27.5. The fraction of sp³-hybridized carbons (Fsp3) is 0.250. The Balaban J connectivity index is 3.15. The maximum absolute atomic E-state index is 5.77. The van der Waals surface area contributed by atoms with Crippen molar-refractivity contribution in [3.63, 3.8) is 0 Å². The highest BCUT2D eigenvalue weighted by molar-refractivity contribution is 9.38. The van der Waals surface area contributed by atoms with Crippen LogP contribution in [0, 0.1) is 0 Å². The number of alkyl halides is 6. The highest BCUT2D eigenvalue weighted by Gasteiger charge is 2.26. The van der Waals surface area contributed by atoms with Crippen molar-refractivity contribution in [1.82, 2.24) is 0 Å². The van der Waals surface area contributed by atoms with Crippen LogP contribution in [0.5, 0.6) is 0 Å². The molecule has 6 heteroatoms. The summed E-state index contributed by atoms with van der Waals surface area (Å²) in [6.45, 7) is 0. The lowest BCUT2D eigenvalue weighted by atomic mass is 10.2. The van der Waals surface area contributed by atoms with Crippen LogP contribution in [0.3, 0.4) is 0 Å². The van der Waals surface area contributed by atoms with Crippen LogP contribution in [0.25, 0.3) is 0 Å². The Hall–Kier alpha value is 1.53. The second-order valence-electron chi connectivity index (χ2n) is 2.58. The maximum atomic E-state index is 5.77. The molecule has 1 aromatic carbocycles. The van der Waals surface area contributed by atoms with Crippen LogP contribution >= 0.6 is 82.6 Å². The van der Waals surface area contributed by atoms with Gasteiger partial charge in [0.2, 0.25) is 3.79 Å². The molecule has 0 unspecified atom stereocenters. The van der Waals surface area contributed by atoms with Crippen molar-refractivity contribution in [2.24, 2.45) is 0 Å². The molecule has 0 saturated heterocycles. The van der Waals surface area contributed by atoms with E-state index in [-0.39, 0.29) is 0 Å². The van der Waals surface area contributed by atoms with Gasteiger partial charge in [-0.2, -0.15) is 0 Å². The fourth-order valence-corrected chi connectivity index (χ4v) is 1.96. The van der Waals surface area contributed by atoms with Crippen LogP contribution in [0.15, 0.2) is 24.3 Å². The first-order valence-corrected chi connectivity index (χ1v) is 6.97. The Morgan fingerprint density at radius 3 is 1.86 bits per heavy atom. The van der Waals surface area contributed by atoms with Crippen molar-refractivity contribution >= 4 is 82.6 Å². The Bertz CT molecular complexity index is 298. The minimum atomic E-state index is -1.39. The van der Waals surface area contributed by atoms with Gasteiger partial charge in [-0.05, 0) is 11.6 Å². The third-order valence-corrected chi connectivity index (χ3v) is 3.55. The molecule has 0 atom stereocenters. The molecule has 78 valence electrons. The van der Waals surface area contributed by atoms with E-state index < -0.39 is 5.94 Å². The van der Waals surface area contributed by atoms with E-state index in [9.17, 15) is 0 Å². The van der Waals surface area contributed by atoms with Crippen LogP contribution < -0.4 is 0 Å². The standard InChI is InChI=1S/C8H4Br3Cl3/c9-7(10,11)5-2-1-3-6(4-5)8(12,13)14/h1-4H. The van der Waals surface area contributed by atoms with Crippen molar-refractivity contribution in [2.45, 2.75) is 5.94 Å². The molecule has 0 nitrogen and oxygen atoms in total. The first kappa shape index (κ1) is 13.6. The average Bonchev–Trinajstić information content (AvgIpc) is 2.01. The second-order valence-corrected chi connectivity index (χ2v) is 11.6. The monoisotopic (exact) mass is 442 g/mol. The average molecular weight is 446 g/mol. The van der Waals surface area contributed by atoms with Crippen molar-refractivity contribution in [1.29, 1.82) is 0 Å². The van der Waals surface area contributed by atoms with Crippen molar-refractivity contribution in [3.8, 4) is 0 Å². The van der Waals surface area contributed by atoms with Gasteiger partial charge in [-0.25, -0.2) is 0 Å². The van der Waals surface area contributed by atoms with E-state index in [1.807, 2.05) is 12.1 Å². The highest BCUT2D eigenvalue weighted by atomic mass is 80.0. The summed E-state index contributed by atoms with van der Waals surface area (Å²) < 4.78 is -1.88. The van der Waals surface area contributed by atoms with Crippen molar-refractivity contribution < 1.29 is 0 Å². The minimum absolute atomic E-state index is 0.487. The van der Waals surface area contributed by atoms with E-state index in [2.05, 4.69) is 47.8 Å².